The Morgan fingerprint density at radius 2 is 2.29 bits per heavy atom. The minimum atomic E-state index is -0.520. The normalized spacial score (nSPS) is 10.2. The number of hydrogen-bond acceptors (Lipinski definition) is 4. The molecule has 0 saturated heterocycles. The molecule has 0 radical (unpaired) electrons. The van der Waals surface area contributed by atoms with Crippen LogP contribution in [0.3, 0.4) is 0 Å². The van der Waals surface area contributed by atoms with Crippen molar-refractivity contribution in [3.63, 3.8) is 0 Å². The van der Waals surface area contributed by atoms with E-state index in [-0.39, 0.29) is 5.76 Å². The van der Waals surface area contributed by atoms with Gasteiger partial charge in [0.15, 0.2) is 0 Å². The molecule has 5 heteroatoms. The quantitative estimate of drug-likeness (QED) is 0.787. The van der Waals surface area contributed by atoms with E-state index in [1.807, 2.05) is 6.07 Å². The van der Waals surface area contributed by atoms with Crippen molar-refractivity contribution in [2.75, 3.05) is 6.61 Å². The Balaban J connectivity index is 2.27. The Kier molecular flexibility index (Phi) is 3.44. The monoisotopic (exact) mass is 251 g/mol. The molecule has 17 heavy (non-hydrogen) atoms. The lowest BCUT2D eigenvalue weighted by atomic mass is 10.1. The smallest absolute Gasteiger partial charge is 0.377 e. The van der Waals surface area contributed by atoms with Gasteiger partial charge in [0.1, 0.15) is 5.69 Å². The number of esters is 1. The highest BCUT2D eigenvalue weighted by atomic mass is 35.5. The van der Waals surface area contributed by atoms with Gasteiger partial charge >= 0.3 is 5.97 Å². The molecular weight excluding hydrogens is 242 g/mol. The predicted molar refractivity (Wildman–Crippen MR) is 62.9 cm³/mol. The second-order valence-electron chi connectivity index (χ2n) is 3.31. The van der Waals surface area contributed by atoms with Crippen molar-refractivity contribution in [2.24, 2.45) is 0 Å². The Morgan fingerprint density at radius 3 is 3.00 bits per heavy atom. The number of hydrogen-bond donors (Lipinski definition) is 0. The van der Waals surface area contributed by atoms with Gasteiger partial charge in [-0.3, -0.25) is 0 Å². The summed E-state index contributed by atoms with van der Waals surface area (Å²) in [7, 11) is 0. The van der Waals surface area contributed by atoms with Gasteiger partial charge in [0.05, 0.1) is 6.61 Å². The molecule has 1 aromatic carbocycles. The average Bonchev–Trinajstić information content (AvgIpc) is 2.78. The van der Waals surface area contributed by atoms with Crippen LogP contribution in [0.2, 0.25) is 5.02 Å². The van der Waals surface area contributed by atoms with Crippen LogP contribution in [0.1, 0.15) is 17.5 Å². The maximum absolute atomic E-state index is 11.4. The van der Waals surface area contributed by atoms with Crippen molar-refractivity contribution in [2.45, 2.75) is 6.92 Å². The fourth-order valence-electron chi connectivity index (χ4n) is 1.36. The van der Waals surface area contributed by atoms with Gasteiger partial charge in [0.2, 0.25) is 5.76 Å². The predicted octanol–water partition coefficient (Wildman–Crippen LogP) is 3.17. The third kappa shape index (κ3) is 2.65. The number of halogens is 1. The minimum absolute atomic E-state index is 0.0850. The highest BCUT2D eigenvalue weighted by molar-refractivity contribution is 6.30. The van der Waals surface area contributed by atoms with Gasteiger partial charge in [-0.05, 0) is 19.1 Å². The number of carbonyl (C=O) groups is 1. The van der Waals surface area contributed by atoms with Crippen LogP contribution in [0.25, 0.3) is 11.3 Å². The van der Waals surface area contributed by atoms with E-state index in [0.29, 0.717) is 17.3 Å². The van der Waals surface area contributed by atoms with Gasteiger partial charge in [-0.2, -0.15) is 0 Å². The van der Waals surface area contributed by atoms with Crippen LogP contribution in [-0.4, -0.2) is 17.7 Å². The van der Waals surface area contributed by atoms with Crippen molar-refractivity contribution < 1.29 is 14.1 Å². The average molecular weight is 252 g/mol. The Labute approximate surface area is 103 Å². The molecule has 0 fully saturated rings. The standard InChI is InChI=1S/C12H10ClNO3/c1-2-16-12(15)11-7-10(14-17-11)8-4-3-5-9(13)6-8/h3-7H,2H2,1H3. The number of carbonyl (C=O) groups excluding carboxylic acids is 1. The molecule has 0 atom stereocenters. The topological polar surface area (TPSA) is 52.3 Å². The largest absolute Gasteiger partial charge is 0.460 e. The highest BCUT2D eigenvalue weighted by Crippen LogP contribution is 2.22. The molecule has 1 aromatic heterocycles. The summed E-state index contributed by atoms with van der Waals surface area (Å²) in [5.74, 6) is -0.435. The first-order valence-corrected chi connectivity index (χ1v) is 5.48. The number of benzene rings is 1. The summed E-state index contributed by atoms with van der Waals surface area (Å²) < 4.78 is 9.71. The number of ether oxygens (including phenoxy) is 1. The summed E-state index contributed by atoms with van der Waals surface area (Å²) in [6.45, 7) is 2.03. The molecule has 2 aromatic rings. The van der Waals surface area contributed by atoms with E-state index in [1.165, 1.54) is 6.07 Å². The van der Waals surface area contributed by atoms with Crippen LogP contribution in [0.4, 0.5) is 0 Å². The van der Waals surface area contributed by atoms with Crippen molar-refractivity contribution in [3.8, 4) is 11.3 Å². The molecule has 0 bridgehead atoms. The van der Waals surface area contributed by atoms with E-state index < -0.39 is 5.97 Å². The van der Waals surface area contributed by atoms with Gasteiger partial charge in [-0.1, -0.05) is 28.9 Å². The van der Waals surface area contributed by atoms with Crippen LogP contribution < -0.4 is 0 Å². The minimum Gasteiger partial charge on any atom is -0.460 e. The third-order valence-corrected chi connectivity index (χ3v) is 2.34. The first kappa shape index (κ1) is 11.7. The highest BCUT2D eigenvalue weighted by Gasteiger charge is 2.14. The van der Waals surface area contributed by atoms with Crippen molar-refractivity contribution in [1.29, 1.82) is 0 Å². The van der Waals surface area contributed by atoms with E-state index in [0.717, 1.165) is 5.56 Å². The van der Waals surface area contributed by atoms with Crippen molar-refractivity contribution in [1.82, 2.24) is 5.16 Å². The lowest BCUT2D eigenvalue weighted by Crippen LogP contribution is -2.02. The molecule has 0 unspecified atom stereocenters. The summed E-state index contributed by atoms with van der Waals surface area (Å²) in [5, 5.41) is 4.40. The maximum Gasteiger partial charge on any atom is 0.377 e. The van der Waals surface area contributed by atoms with Gasteiger partial charge in [0.25, 0.3) is 0 Å². The lowest BCUT2D eigenvalue weighted by molar-refractivity contribution is 0.0480. The molecule has 88 valence electrons. The molecule has 0 aliphatic carbocycles. The fourth-order valence-corrected chi connectivity index (χ4v) is 1.55. The zero-order chi connectivity index (χ0) is 12.3. The Morgan fingerprint density at radius 1 is 1.47 bits per heavy atom. The third-order valence-electron chi connectivity index (χ3n) is 2.11. The summed E-state index contributed by atoms with van der Waals surface area (Å²) >= 11 is 5.86. The van der Waals surface area contributed by atoms with E-state index in [4.69, 9.17) is 20.9 Å². The van der Waals surface area contributed by atoms with Crippen LogP contribution in [0, 0.1) is 0 Å². The first-order chi connectivity index (χ1) is 8.20. The number of rotatable bonds is 3. The molecule has 0 saturated carbocycles. The first-order valence-electron chi connectivity index (χ1n) is 5.10. The fraction of sp³-hybridized carbons (Fsp3) is 0.167. The van der Waals surface area contributed by atoms with E-state index in [2.05, 4.69) is 5.16 Å². The van der Waals surface area contributed by atoms with Crippen LogP contribution in [0.15, 0.2) is 34.9 Å². The van der Waals surface area contributed by atoms with Crippen molar-refractivity contribution >= 4 is 17.6 Å². The number of aromatic nitrogens is 1. The Hall–Kier alpha value is -1.81. The summed E-state index contributed by atoms with van der Waals surface area (Å²) in [5.41, 5.74) is 1.34. The van der Waals surface area contributed by atoms with Crippen LogP contribution >= 0.6 is 11.6 Å². The number of nitrogens with zero attached hydrogens (tertiary/aromatic N) is 1. The maximum atomic E-state index is 11.4. The van der Waals surface area contributed by atoms with E-state index in [9.17, 15) is 4.79 Å². The molecule has 2 rings (SSSR count). The Bertz CT molecular complexity index is 536. The second kappa shape index (κ2) is 5.01. The summed E-state index contributed by atoms with van der Waals surface area (Å²) in [6, 6.07) is 8.67. The van der Waals surface area contributed by atoms with Gasteiger partial charge in [0, 0.05) is 16.7 Å². The van der Waals surface area contributed by atoms with Crippen LogP contribution in [-0.2, 0) is 4.74 Å². The SMILES string of the molecule is CCOC(=O)c1cc(-c2cccc(Cl)c2)no1. The van der Waals surface area contributed by atoms with Gasteiger partial charge in [-0.25, -0.2) is 4.79 Å². The second-order valence-corrected chi connectivity index (χ2v) is 3.74. The zero-order valence-corrected chi connectivity index (χ0v) is 9.90. The van der Waals surface area contributed by atoms with E-state index in [1.54, 1.807) is 25.1 Å². The van der Waals surface area contributed by atoms with Gasteiger partial charge in [-0.15, -0.1) is 0 Å². The molecule has 4 nitrogen and oxygen atoms in total. The molecule has 1 heterocycles. The zero-order valence-electron chi connectivity index (χ0n) is 9.14. The molecule has 0 aliphatic heterocycles. The summed E-state index contributed by atoms with van der Waals surface area (Å²) in [6.07, 6.45) is 0. The summed E-state index contributed by atoms with van der Waals surface area (Å²) in [4.78, 5) is 11.4. The van der Waals surface area contributed by atoms with Crippen LogP contribution in [0.5, 0.6) is 0 Å². The molecule has 0 amide bonds. The molecule has 0 aliphatic rings. The molecule has 0 spiro atoms. The lowest BCUT2D eigenvalue weighted by Gasteiger charge is -1.95. The van der Waals surface area contributed by atoms with Gasteiger partial charge < -0.3 is 9.26 Å². The molecular formula is C12H10ClNO3. The molecule has 0 N–H and O–H groups in total. The van der Waals surface area contributed by atoms with Crippen molar-refractivity contribution in [3.05, 3.63) is 41.1 Å². The van der Waals surface area contributed by atoms with E-state index >= 15 is 0 Å².